The van der Waals surface area contributed by atoms with E-state index in [0.717, 1.165) is 18.2 Å². The molecule has 6 heteroatoms. The second kappa shape index (κ2) is 3.14. The van der Waals surface area contributed by atoms with E-state index in [0.29, 0.717) is 5.82 Å². The zero-order chi connectivity index (χ0) is 9.19. The fourth-order valence-corrected chi connectivity index (χ4v) is 1.40. The molecule has 1 heterocycles. The fraction of sp³-hybridized carbons (Fsp3) is 0.500. The molecule has 0 amide bonds. The van der Waals surface area contributed by atoms with Crippen molar-refractivity contribution in [3.63, 3.8) is 0 Å². The third kappa shape index (κ3) is 2.23. The summed E-state index contributed by atoms with van der Waals surface area (Å²) in [6, 6.07) is 0. The van der Waals surface area contributed by atoms with Crippen LogP contribution in [0, 0.1) is 0 Å². The van der Waals surface area contributed by atoms with E-state index in [1.807, 2.05) is 6.92 Å². The van der Waals surface area contributed by atoms with Crippen molar-refractivity contribution in [3.05, 3.63) is 11.8 Å². The number of aromatic amines is 1. The largest absolute Gasteiger partial charge is 0.268 e. The molecule has 2 N–H and O–H groups in total. The molecule has 0 unspecified atom stereocenters. The molecule has 0 saturated heterocycles. The van der Waals surface area contributed by atoms with Gasteiger partial charge in [0.15, 0.2) is 0 Å². The number of rotatable bonds is 3. The van der Waals surface area contributed by atoms with Crippen LogP contribution in [0.25, 0.3) is 0 Å². The molecule has 1 aromatic rings. The van der Waals surface area contributed by atoms with Gasteiger partial charge in [-0.15, -0.1) is 0 Å². The molecule has 1 rings (SSSR count). The molecule has 0 aliphatic carbocycles. The van der Waals surface area contributed by atoms with Gasteiger partial charge in [0.25, 0.3) is 0 Å². The Morgan fingerprint density at radius 1 is 1.67 bits per heavy atom. The first-order valence-corrected chi connectivity index (χ1v) is 5.42. The molecule has 5 nitrogen and oxygen atoms in total. The lowest BCUT2D eigenvalue weighted by Crippen LogP contribution is -2.11. The molecule has 0 bridgehead atoms. The number of aryl methyl sites for hydroxylation is 1. The number of hydrogen-bond acceptors (Lipinski definition) is 3. The predicted molar refractivity (Wildman–Crippen MR) is 46.4 cm³/mol. The van der Waals surface area contributed by atoms with Crippen LogP contribution in [-0.2, 0) is 16.4 Å². The molecule has 68 valence electrons. The molecule has 0 fully saturated rings. The lowest BCUT2D eigenvalue weighted by molar-refractivity contribution is 0.606. The molecule has 1 aromatic heterocycles. The Balaban J connectivity index is 2.89. The average molecular weight is 189 g/mol. The van der Waals surface area contributed by atoms with E-state index in [2.05, 4.69) is 14.9 Å². The van der Waals surface area contributed by atoms with Gasteiger partial charge in [-0.2, -0.15) is 5.10 Å². The Morgan fingerprint density at radius 3 is 2.83 bits per heavy atom. The highest BCUT2D eigenvalue weighted by Gasteiger charge is 2.07. The quantitative estimate of drug-likeness (QED) is 0.720. The smallest absolute Gasteiger partial charge is 0.230 e. The number of sulfonamides is 1. The van der Waals surface area contributed by atoms with Crippen molar-refractivity contribution in [2.75, 3.05) is 11.0 Å². The minimum Gasteiger partial charge on any atom is -0.268 e. The van der Waals surface area contributed by atoms with Crippen LogP contribution in [0.4, 0.5) is 5.82 Å². The minimum atomic E-state index is -3.20. The van der Waals surface area contributed by atoms with Gasteiger partial charge in [-0.3, -0.25) is 9.82 Å². The number of nitrogens with one attached hydrogen (secondary N) is 2. The molecule has 0 saturated carbocycles. The van der Waals surface area contributed by atoms with Crippen LogP contribution in [0.2, 0.25) is 0 Å². The van der Waals surface area contributed by atoms with Crippen molar-refractivity contribution in [2.45, 2.75) is 13.3 Å². The molecule has 0 spiro atoms. The third-order valence-corrected chi connectivity index (χ3v) is 1.96. The summed E-state index contributed by atoms with van der Waals surface area (Å²) in [6.07, 6.45) is 3.45. The van der Waals surface area contributed by atoms with Gasteiger partial charge in [-0.1, -0.05) is 6.92 Å². The molecule has 0 radical (unpaired) electrons. The van der Waals surface area contributed by atoms with E-state index in [4.69, 9.17) is 0 Å². The summed E-state index contributed by atoms with van der Waals surface area (Å²) < 4.78 is 24.0. The van der Waals surface area contributed by atoms with Crippen LogP contribution in [0.5, 0.6) is 0 Å². The number of hydrogen-bond donors (Lipinski definition) is 2. The SMILES string of the molecule is CCc1cn[nH]c1NS(C)(=O)=O. The van der Waals surface area contributed by atoms with Crippen LogP contribution < -0.4 is 4.72 Å². The van der Waals surface area contributed by atoms with Crippen LogP contribution in [0.1, 0.15) is 12.5 Å². The predicted octanol–water partition coefficient (Wildman–Crippen LogP) is 0.344. The van der Waals surface area contributed by atoms with Gasteiger partial charge < -0.3 is 0 Å². The lowest BCUT2D eigenvalue weighted by Gasteiger charge is -2.01. The van der Waals surface area contributed by atoms with Crippen LogP contribution in [0.3, 0.4) is 0 Å². The number of H-pyrrole nitrogens is 1. The van der Waals surface area contributed by atoms with Gasteiger partial charge in [-0.05, 0) is 6.42 Å². The van der Waals surface area contributed by atoms with Crippen molar-refractivity contribution in [3.8, 4) is 0 Å². The highest BCUT2D eigenvalue weighted by molar-refractivity contribution is 7.92. The van der Waals surface area contributed by atoms with E-state index in [1.165, 1.54) is 0 Å². The summed E-state index contributed by atoms with van der Waals surface area (Å²) in [6.45, 7) is 1.93. The fourth-order valence-electron chi connectivity index (χ4n) is 0.853. The summed E-state index contributed by atoms with van der Waals surface area (Å²) >= 11 is 0. The maximum absolute atomic E-state index is 10.8. The van der Waals surface area contributed by atoms with E-state index >= 15 is 0 Å². The first-order valence-electron chi connectivity index (χ1n) is 3.53. The summed E-state index contributed by atoms with van der Waals surface area (Å²) in [5.74, 6) is 0.458. The van der Waals surface area contributed by atoms with Crippen molar-refractivity contribution in [1.29, 1.82) is 0 Å². The highest BCUT2D eigenvalue weighted by atomic mass is 32.2. The maximum atomic E-state index is 10.8. The van der Waals surface area contributed by atoms with Crippen molar-refractivity contribution in [2.24, 2.45) is 0 Å². The number of nitrogens with zero attached hydrogens (tertiary/aromatic N) is 1. The van der Waals surface area contributed by atoms with Gasteiger partial charge >= 0.3 is 0 Å². The third-order valence-electron chi connectivity index (χ3n) is 1.39. The normalized spacial score (nSPS) is 11.5. The maximum Gasteiger partial charge on any atom is 0.230 e. The molecule has 0 aromatic carbocycles. The van der Waals surface area contributed by atoms with Gasteiger partial charge in [0, 0.05) is 5.56 Å². The molecular weight excluding hydrogens is 178 g/mol. The second-order valence-corrected chi connectivity index (χ2v) is 4.25. The van der Waals surface area contributed by atoms with Crippen molar-refractivity contribution in [1.82, 2.24) is 10.2 Å². The lowest BCUT2D eigenvalue weighted by atomic mass is 10.3. The minimum absolute atomic E-state index is 0.458. The van der Waals surface area contributed by atoms with E-state index in [-0.39, 0.29) is 0 Å². The molecule has 0 aliphatic heterocycles. The summed E-state index contributed by atoms with van der Waals surface area (Å²) in [5.41, 5.74) is 0.862. The topological polar surface area (TPSA) is 74.8 Å². The first kappa shape index (κ1) is 9.05. The standard InChI is InChI=1S/C6H11N3O2S/c1-3-5-4-7-8-6(5)9-12(2,10)11/h4H,3H2,1-2H3,(H2,7,8,9). The zero-order valence-electron chi connectivity index (χ0n) is 6.96. The van der Waals surface area contributed by atoms with Gasteiger partial charge in [0.2, 0.25) is 10.0 Å². The zero-order valence-corrected chi connectivity index (χ0v) is 7.77. The summed E-state index contributed by atoms with van der Waals surface area (Å²) in [5, 5.41) is 6.30. The van der Waals surface area contributed by atoms with Crippen LogP contribution in [-0.4, -0.2) is 24.9 Å². The average Bonchev–Trinajstić information content (AvgIpc) is 2.31. The number of anilines is 1. The Hall–Kier alpha value is -1.04. The van der Waals surface area contributed by atoms with Crippen LogP contribution in [0.15, 0.2) is 6.20 Å². The highest BCUT2D eigenvalue weighted by Crippen LogP contribution is 2.11. The van der Waals surface area contributed by atoms with Gasteiger partial charge in [0.1, 0.15) is 5.82 Å². The Bertz CT molecular complexity index is 355. The van der Waals surface area contributed by atoms with Crippen molar-refractivity contribution < 1.29 is 8.42 Å². The van der Waals surface area contributed by atoms with E-state index in [9.17, 15) is 8.42 Å². The van der Waals surface area contributed by atoms with Crippen LogP contribution >= 0.6 is 0 Å². The molecule has 12 heavy (non-hydrogen) atoms. The first-order chi connectivity index (χ1) is 5.53. The Morgan fingerprint density at radius 2 is 2.33 bits per heavy atom. The van der Waals surface area contributed by atoms with E-state index in [1.54, 1.807) is 6.20 Å². The van der Waals surface area contributed by atoms with Gasteiger partial charge in [-0.25, -0.2) is 8.42 Å². The summed E-state index contributed by atoms with van der Waals surface area (Å²) in [7, 11) is -3.20. The Kier molecular flexibility index (Phi) is 2.37. The summed E-state index contributed by atoms with van der Waals surface area (Å²) in [4.78, 5) is 0. The second-order valence-electron chi connectivity index (χ2n) is 2.50. The Labute approximate surface area is 71.2 Å². The monoisotopic (exact) mass is 189 g/mol. The van der Waals surface area contributed by atoms with Gasteiger partial charge in [0.05, 0.1) is 12.5 Å². The molecule has 0 atom stereocenters. The molecular formula is C6H11N3O2S. The molecule has 0 aliphatic rings. The number of aromatic nitrogens is 2. The van der Waals surface area contributed by atoms with Crippen molar-refractivity contribution >= 4 is 15.8 Å². The van der Waals surface area contributed by atoms with E-state index < -0.39 is 10.0 Å².